The number of rotatable bonds is 3. The Morgan fingerprint density at radius 2 is 2.07 bits per heavy atom. The van der Waals surface area contributed by atoms with Crippen molar-refractivity contribution in [2.24, 2.45) is 5.92 Å². The van der Waals surface area contributed by atoms with E-state index in [4.69, 9.17) is 0 Å². The van der Waals surface area contributed by atoms with Crippen molar-refractivity contribution in [3.8, 4) is 0 Å². The summed E-state index contributed by atoms with van der Waals surface area (Å²) < 4.78 is 0. The van der Waals surface area contributed by atoms with E-state index >= 15 is 0 Å². The third kappa shape index (κ3) is 2.82. The van der Waals surface area contributed by atoms with Crippen molar-refractivity contribution < 1.29 is 0 Å². The molecule has 1 aliphatic carbocycles. The summed E-state index contributed by atoms with van der Waals surface area (Å²) in [5, 5.41) is 3.67. The van der Waals surface area contributed by atoms with E-state index in [1.165, 1.54) is 30.4 Å². The van der Waals surface area contributed by atoms with Crippen LogP contribution in [0.1, 0.15) is 37.3 Å². The molecule has 1 aliphatic rings. The van der Waals surface area contributed by atoms with Crippen molar-refractivity contribution in [2.45, 2.75) is 45.7 Å². The minimum absolute atomic E-state index is 0.750. The van der Waals surface area contributed by atoms with Gasteiger partial charge in [0.2, 0.25) is 0 Å². The van der Waals surface area contributed by atoms with E-state index in [2.05, 4.69) is 43.4 Å². The van der Waals surface area contributed by atoms with E-state index in [1.54, 1.807) is 0 Å². The first-order valence-corrected chi connectivity index (χ1v) is 6.03. The number of hydrogen-bond donors (Lipinski definition) is 1. The molecule has 1 saturated carbocycles. The summed E-state index contributed by atoms with van der Waals surface area (Å²) in [5.41, 5.74) is 2.84. The molecule has 0 heterocycles. The highest BCUT2D eigenvalue weighted by atomic mass is 14.9. The fourth-order valence-electron chi connectivity index (χ4n) is 2.46. The first-order valence-electron chi connectivity index (χ1n) is 6.03. The lowest BCUT2D eigenvalue weighted by Crippen LogP contribution is -2.26. The molecule has 1 fully saturated rings. The van der Waals surface area contributed by atoms with Gasteiger partial charge in [0.15, 0.2) is 0 Å². The number of hydrogen-bond acceptors (Lipinski definition) is 1. The second kappa shape index (κ2) is 4.80. The molecular weight excluding hydrogens is 182 g/mol. The van der Waals surface area contributed by atoms with Gasteiger partial charge in [-0.05, 0) is 43.2 Å². The zero-order valence-corrected chi connectivity index (χ0v) is 9.79. The fourth-order valence-corrected chi connectivity index (χ4v) is 2.46. The summed E-state index contributed by atoms with van der Waals surface area (Å²) in [6.07, 6.45) is 4.10. The van der Waals surface area contributed by atoms with Gasteiger partial charge in [-0.15, -0.1) is 0 Å². The van der Waals surface area contributed by atoms with Crippen molar-refractivity contribution in [1.29, 1.82) is 0 Å². The summed E-state index contributed by atoms with van der Waals surface area (Å²) >= 11 is 0. The predicted octanol–water partition coefficient (Wildman–Crippen LogP) is 3.27. The molecule has 0 amide bonds. The van der Waals surface area contributed by atoms with E-state index in [1.807, 2.05) is 0 Å². The van der Waals surface area contributed by atoms with Crippen LogP contribution in [0.3, 0.4) is 0 Å². The monoisotopic (exact) mass is 203 g/mol. The highest BCUT2D eigenvalue weighted by molar-refractivity contribution is 5.25. The molecule has 0 aromatic heterocycles. The van der Waals surface area contributed by atoms with Crippen LogP contribution in [-0.2, 0) is 6.54 Å². The van der Waals surface area contributed by atoms with E-state index in [0.29, 0.717) is 0 Å². The molecule has 2 unspecified atom stereocenters. The molecule has 0 aliphatic heterocycles. The third-order valence-corrected chi connectivity index (χ3v) is 3.54. The first kappa shape index (κ1) is 10.7. The fraction of sp³-hybridized carbons (Fsp3) is 0.571. The zero-order valence-electron chi connectivity index (χ0n) is 9.79. The van der Waals surface area contributed by atoms with Crippen LogP contribution in [0.4, 0.5) is 0 Å². The number of benzene rings is 1. The molecule has 2 atom stereocenters. The molecule has 1 N–H and O–H groups in total. The summed E-state index contributed by atoms with van der Waals surface area (Å²) in [5.74, 6) is 0.916. The van der Waals surface area contributed by atoms with Crippen LogP contribution >= 0.6 is 0 Å². The average Bonchev–Trinajstić information content (AvgIpc) is 2.63. The summed E-state index contributed by atoms with van der Waals surface area (Å²) in [6, 6.07) is 9.40. The van der Waals surface area contributed by atoms with Crippen molar-refractivity contribution in [3.63, 3.8) is 0 Å². The molecule has 15 heavy (non-hydrogen) atoms. The first-order chi connectivity index (χ1) is 7.25. The van der Waals surface area contributed by atoms with Crippen LogP contribution in [0.15, 0.2) is 24.3 Å². The SMILES string of the molecule is Cc1ccccc1CNC1CCC(C)C1. The largest absolute Gasteiger partial charge is 0.310 e. The molecule has 0 spiro atoms. The van der Waals surface area contributed by atoms with Gasteiger partial charge in [0.25, 0.3) is 0 Å². The second-order valence-corrected chi connectivity index (χ2v) is 4.92. The van der Waals surface area contributed by atoms with Gasteiger partial charge >= 0.3 is 0 Å². The maximum atomic E-state index is 3.67. The smallest absolute Gasteiger partial charge is 0.0210 e. The molecule has 1 heteroatoms. The van der Waals surface area contributed by atoms with Crippen LogP contribution in [0, 0.1) is 12.8 Å². The zero-order chi connectivity index (χ0) is 10.7. The molecule has 1 nitrogen and oxygen atoms in total. The third-order valence-electron chi connectivity index (χ3n) is 3.54. The standard InChI is InChI=1S/C14H21N/c1-11-7-8-14(9-11)15-10-13-6-4-3-5-12(13)2/h3-6,11,14-15H,7-10H2,1-2H3. The molecular formula is C14H21N. The summed E-state index contributed by atoms with van der Waals surface area (Å²) in [4.78, 5) is 0. The average molecular weight is 203 g/mol. The van der Waals surface area contributed by atoms with Crippen LogP contribution in [0.2, 0.25) is 0 Å². The maximum Gasteiger partial charge on any atom is 0.0210 e. The number of nitrogens with one attached hydrogen (secondary N) is 1. The van der Waals surface area contributed by atoms with Gasteiger partial charge < -0.3 is 5.32 Å². The van der Waals surface area contributed by atoms with Crippen molar-refractivity contribution in [1.82, 2.24) is 5.32 Å². The molecule has 82 valence electrons. The highest BCUT2D eigenvalue weighted by Gasteiger charge is 2.20. The van der Waals surface area contributed by atoms with Gasteiger partial charge in [0, 0.05) is 12.6 Å². The van der Waals surface area contributed by atoms with Gasteiger partial charge in [-0.3, -0.25) is 0 Å². The van der Waals surface area contributed by atoms with Crippen LogP contribution < -0.4 is 5.32 Å². The Labute approximate surface area is 92.9 Å². The highest BCUT2D eigenvalue weighted by Crippen LogP contribution is 2.24. The predicted molar refractivity (Wildman–Crippen MR) is 64.8 cm³/mol. The molecule has 0 saturated heterocycles. The Hall–Kier alpha value is -0.820. The van der Waals surface area contributed by atoms with Gasteiger partial charge in [-0.2, -0.15) is 0 Å². The number of aryl methyl sites for hydroxylation is 1. The summed E-state index contributed by atoms with van der Waals surface area (Å²) in [7, 11) is 0. The van der Waals surface area contributed by atoms with E-state index in [-0.39, 0.29) is 0 Å². The molecule has 0 radical (unpaired) electrons. The molecule has 1 aromatic rings. The van der Waals surface area contributed by atoms with Gasteiger partial charge in [-0.25, -0.2) is 0 Å². The Morgan fingerprint density at radius 3 is 2.73 bits per heavy atom. The van der Waals surface area contributed by atoms with Gasteiger partial charge in [-0.1, -0.05) is 31.2 Å². The Balaban J connectivity index is 1.86. The maximum absolute atomic E-state index is 3.67. The molecule has 1 aromatic carbocycles. The minimum Gasteiger partial charge on any atom is -0.310 e. The quantitative estimate of drug-likeness (QED) is 0.795. The van der Waals surface area contributed by atoms with E-state index < -0.39 is 0 Å². The lowest BCUT2D eigenvalue weighted by atomic mass is 10.1. The second-order valence-electron chi connectivity index (χ2n) is 4.92. The van der Waals surface area contributed by atoms with Crippen LogP contribution in [0.5, 0.6) is 0 Å². The van der Waals surface area contributed by atoms with E-state index in [0.717, 1.165) is 18.5 Å². The Kier molecular flexibility index (Phi) is 3.42. The van der Waals surface area contributed by atoms with Crippen LogP contribution in [0.25, 0.3) is 0 Å². The Morgan fingerprint density at radius 1 is 1.27 bits per heavy atom. The van der Waals surface area contributed by atoms with Gasteiger partial charge in [0.1, 0.15) is 0 Å². The minimum atomic E-state index is 0.750. The van der Waals surface area contributed by atoms with Crippen LogP contribution in [-0.4, -0.2) is 6.04 Å². The Bertz CT molecular complexity index is 319. The lowest BCUT2D eigenvalue weighted by Gasteiger charge is -2.13. The van der Waals surface area contributed by atoms with Gasteiger partial charge in [0.05, 0.1) is 0 Å². The van der Waals surface area contributed by atoms with E-state index in [9.17, 15) is 0 Å². The lowest BCUT2D eigenvalue weighted by molar-refractivity contribution is 0.501. The molecule has 0 bridgehead atoms. The topological polar surface area (TPSA) is 12.0 Å². The molecule has 2 rings (SSSR count). The summed E-state index contributed by atoms with van der Waals surface area (Å²) in [6.45, 7) is 5.58. The normalized spacial score (nSPS) is 25.7. The van der Waals surface area contributed by atoms with Crippen molar-refractivity contribution in [3.05, 3.63) is 35.4 Å². The van der Waals surface area contributed by atoms with Crippen molar-refractivity contribution >= 4 is 0 Å². The van der Waals surface area contributed by atoms with Crippen molar-refractivity contribution in [2.75, 3.05) is 0 Å².